The number of thiophene rings is 1. The fraction of sp³-hybridized carbons (Fsp3) is 0.345. The lowest BCUT2D eigenvalue weighted by molar-refractivity contribution is -0.137. The van der Waals surface area contributed by atoms with Crippen LogP contribution in [0.15, 0.2) is 48.5 Å². The molecule has 0 saturated carbocycles. The fourth-order valence-electron chi connectivity index (χ4n) is 4.12. The fourth-order valence-corrected chi connectivity index (χ4v) is 5.66. The van der Waals surface area contributed by atoms with E-state index in [0.29, 0.717) is 19.6 Å². The number of carboxylic acids is 1. The molecule has 0 amide bonds. The summed E-state index contributed by atoms with van der Waals surface area (Å²) in [5.41, 5.74) is 5.36. The Morgan fingerprint density at radius 2 is 1.81 bits per heavy atom. The second-order valence-electron chi connectivity index (χ2n) is 8.95. The van der Waals surface area contributed by atoms with Gasteiger partial charge in [-0.25, -0.2) is 8.42 Å². The molecule has 0 fully saturated rings. The molecule has 0 unspecified atom stereocenters. The highest BCUT2D eigenvalue weighted by Crippen LogP contribution is 2.34. The van der Waals surface area contributed by atoms with Crippen molar-refractivity contribution in [1.82, 2.24) is 0 Å². The van der Waals surface area contributed by atoms with Gasteiger partial charge in [0.05, 0.1) is 24.7 Å². The smallest absolute Gasteiger partial charge is 0.304 e. The maximum Gasteiger partial charge on any atom is 0.304 e. The van der Waals surface area contributed by atoms with Crippen LogP contribution in [0.3, 0.4) is 0 Å². The standard InChI is InChI=1S/C29H32O6S2/c1-5-8-23(18-27(30)31)26-11-12-28(36-26)35-19-22-9-6-10-24(17-22)29-20(2)15-25(16-21(29)3)34-13-7-14-37(4,32)33/h6,9-12,15-17,23H,7,13-14,18-19H2,1-4H3,(H,30,31)/t23-/m0/s1. The maximum atomic E-state index is 11.3. The number of rotatable bonds is 12. The molecule has 3 rings (SSSR count). The van der Waals surface area contributed by atoms with Crippen LogP contribution >= 0.6 is 11.3 Å². The zero-order chi connectivity index (χ0) is 27.0. The van der Waals surface area contributed by atoms with E-state index in [1.165, 1.54) is 17.6 Å². The number of ether oxygens (including phenoxy) is 2. The summed E-state index contributed by atoms with van der Waals surface area (Å²) in [4.78, 5) is 12.0. The lowest BCUT2D eigenvalue weighted by atomic mass is 9.94. The van der Waals surface area contributed by atoms with Crippen LogP contribution < -0.4 is 9.47 Å². The largest absolute Gasteiger partial charge is 0.494 e. The average molecular weight is 541 g/mol. The molecule has 2 aromatic carbocycles. The Morgan fingerprint density at radius 1 is 1.08 bits per heavy atom. The summed E-state index contributed by atoms with van der Waals surface area (Å²) in [5.74, 6) is 5.41. The zero-order valence-corrected chi connectivity index (χ0v) is 23.2. The van der Waals surface area contributed by atoms with Crippen molar-refractivity contribution in [2.24, 2.45) is 0 Å². The Kier molecular flexibility index (Phi) is 9.79. The number of benzene rings is 2. The third kappa shape index (κ3) is 8.66. The topological polar surface area (TPSA) is 89.9 Å². The number of carboxylic acid groups (broad SMARTS) is 1. The number of aryl methyl sites for hydroxylation is 2. The van der Waals surface area contributed by atoms with Gasteiger partial charge in [-0.3, -0.25) is 4.79 Å². The Bertz CT molecular complexity index is 1390. The van der Waals surface area contributed by atoms with Crippen LogP contribution in [0.25, 0.3) is 11.1 Å². The molecule has 0 spiro atoms. The maximum absolute atomic E-state index is 11.3. The molecule has 0 aliphatic rings. The van der Waals surface area contributed by atoms with Crippen molar-refractivity contribution in [1.29, 1.82) is 0 Å². The average Bonchev–Trinajstić information content (AvgIpc) is 3.28. The molecule has 1 N–H and O–H groups in total. The van der Waals surface area contributed by atoms with Crippen molar-refractivity contribution in [2.45, 2.75) is 46.1 Å². The highest BCUT2D eigenvalue weighted by atomic mass is 32.2. The molecule has 0 aliphatic carbocycles. The van der Waals surface area contributed by atoms with Crippen LogP contribution in [-0.2, 0) is 21.2 Å². The van der Waals surface area contributed by atoms with E-state index >= 15 is 0 Å². The first-order valence-corrected chi connectivity index (χ1v) is 14.8. The Labute approximate surface area is 223 Å². The monoisotopic (exact) mass is 540 g/mol. The van der Waals surface area contributed by atoms with Crippen LogP contribution in [0.4, 0.5) is 0 Å². The first kappa shape index (κ1) is 28.3. The van der Waals surface area contributed by atoms with Gasteiger partial charge in [-0.15, -0.1) is 17.3 Å². The summed E-state index contributed by atoms with van der Waals surface area (Å²) in [6, 6.07) is 15.9. The molecule has 37 heavy (non-hydrogen) atoms. The quantitative estimate of drug-likeness (QED) is 0.224. The second-order valence-corrected chi connectivity index (χ2v) is 12.3. The Balaban J connectivity index is 1.68. The Hall–Kier alpha value is -3.28. The lowest BCUT2D eigenvalue weighted by Gasteiger charge is -2.15. The van der Waals surface area contributed by atoms with Gasteiger partial charge in [-0.1, -0.05) is 24.1 Å². The van der Waals surface area contributed by atoms with E-state index in [1.807, 2.05) is 50.2 Å². The zero-order valence-electron chi connectivity index (χ0n) is 21.5. The third-order valence-corrected chi connectivity index (χ3v) is 7.82. The SMILES string of the molecule is CC#C[C@@H](CC(=O)O)c1ccc(OCc2cccc(-c3c(C)cc(OCCCS(C)(=O)=O)cc3C)c2)s1. The van der Waals surface area contributed by atoms with Gasteiger partial charge in [-0.05, 0) is 85.3 Å². The molecule has 3 aromatic rings. The van der Waals surface area contributed by atoms with Gasteiger partial charge in [0.15, 0.2) is 5.06 Å². The van der Waals surface area contributed by atoms with Gasteiger partial charge in [0.25, 0.3) is 0 Å². The molecular formula is C29H32O6S2. The number of aliphatic carboxylic acids is 1. The first-order chi connectivity index (χ1) is 17.6. The van der Waals surface area contributed by atoms with Gasteiger partial charge in [0, 0.05) is 11.1 Å². The summed E-state index contributed by atoms with van der Waals surface area (Å²) in [5, 5.41) is 9.88. The van der Waals surface area contributed by atoms with Gasteiger partial charge >= 0.3 is 5.97 Å². The number of hydrogen-bond donors (Lipinski definition) is 1. The molecule has 6 nitrogen and oxygen atoms in total. The molecule has 1 atom stereocenters. The van der Waals surface area contributed by atoms with Crippen LogP contribution in [0.5, 0.6) is 10.8 Å². The molecule has 0 radical (unpaired) electrons. The van der Waals surface area contributed by atoms with Crippen molar-refractivity contribution in [3.63, 3.8) is 0 Å². The van der Waals surface area contributed by atoms with Crippen LogP contribution in [0.2, 0.25) is 0 Å². The van der Waals surface area contributed by atoms with Gasteiger partial charge in [0.1, 0.15) is 22.2 Å². The number of carbonyl (C=O) groups is 1. The molecule has 0 bridgehead atoms. The van der Waals surface area contributed by atoms with E-state index in [1.54, 1.807) is 6.92 Å². The highest BCUT2D eigenvalue weighted by molar-refractivity contribution is 7.90. The van der Waals surface area contributed by atoms with Gasteiger partial charge in [-0.2, -0.15) is 0 Å². The van der Waals surface area contributed by atoms with Crippen LogP contribution in [0, 0.1) is 25.7 Å². The van der Waals surface area contributed by atoms with Gasteiger partial charge in [0.2, 0.25) is 0 Å². The van der Waals surface area contributed by atoms with Crippen LogP contribution in [0.1, 0.15) is 47.3 Å². The molecule has 0 aliphatic heterocycles. The summed E-state index contributed by atoms with van der Waals surface area (Å²) < 4.78 is 34.4. The summed E-state index contributed by atoms with van der Waals surface area (Å²) in [6.45, 7) is 6.52. The molecule has 8 heteroatoms. The number of hydrogen-bond acceptors (Lipinski definition) is 6. The van der Waals surface area contributed by atoms with E-state index < -0.39 is 15.8 Å². The molecule has 0 saturated heterocycles. The lowest BCUT2D eigenvalue weighted by Crippen LogP contribution is -2.08. The molecule has 1 heterocycles. The predicted molar refractivity (Wildman–Crippen MR) is 148 cm³/mol. The molecule has 196 valence electrons. The minimum absolute atomic E-state index is 0.0357. The Morgan fingerprint density at radius 3 is 2.46 bits per heavy atom. The van der Waals surface area contributed by atoms with Crippen molar-refractivity contribution in [3.8, 4) is 33.8 Å². The number of sulfone groups is 1. The second kappa shape index (κ2) is 12.8. The summed E-state index contributed by atoms with van der Waals surface area (Å²) in [6.07, 6.45) is 1.65. The van der Waals surface area contributed by atoms with E-state index in [9.17, 15) is 13.2 Å². The molecular weight excluding hydrogens is 508 g/mol. The summed E-state index contributed by atoms with van der Waals surface area (Å²) in [7, 11) is -2.99. The minimum atomic E-state index is -2.99. The van der Waals surface area contributed by atoms with Crippen LogP contribution in [-0.4, -0.2) is 38.1 Å². The van der Waals surface area contributed by atoms with E-state index in [-0.39, 0.29) is 18.1 Å². The highest BCUT2D eigenvalue weighted by Gasteiger charge is 2.16. The van der Waals surface area contributed by atoms with Crippen molar-refractivity contribution < 1.29 is 27.8 Å². The van der Waals surface area contributed by atoms with Gasteiger partial charge < -0.3 is 14.6 Å². The van der Waals surface area contributed by atoms with E-state index in [4.69, 9.17) is 14.6 Å². The molecule has 1 aromatic heterocycles. The minimum Gasteiger partial charge on any atom is -0.494 e. The van der Waals surface area contributed by atoms with Crippen molar-refractivity contribution in [3.05, 3.63) is 70.1 Å². The third-order valence-electron chi connectivity index (χ3n) is 5.67. The summed E-state index contributed by atoms with van der Waals surface area (Å²) >= 11 is 1.42. The van der Waals surface area contributed by atoms with Crippen molar-refractivity contribution >= 4 is 27.1 Å². The van der Waals surface area contributed by atoms with E-state index in [0.717, 1.165) is 43.5 Å². The predicted octanol–water partition coefficient (Wildman–Crippen LogP) is 6.01. The van der Waals surface area contributed by atoms with E-state index in [2.05, 4.69) is 24.0 Å². The normalized spacial score (nSPS) is 11.9. The first-order valence-electron chi connectivity index (χ1n) is 11.9. The van der Waals surface area contributed by atoms with Crippen molar-refractivity contribution in [2.75, 3.05) is 18.6 Å².